The summed E-state index contributed by atoms with van der Waals surface area (Å²) in [5.74, 6) is 0. The Morgan fingerprint density at radius 2 is 1.08 bits per heavy atom. The van der Waals surface area contributed by atoms with Gasteiger partial charge in [0.25, 0.3) is 0 Å². The number of nitrogens with zero attached hydrogens (tertiary/aromatic N) is 2. The largest absolute Gasteiger partial charge is 0.454 e. The number of fused-ring (bicyclic) bond motifs is 10. The molecule has 182 valence electrons. The highest BCUT2D eigenvalue weighted by atomic mass is 16.3. The number of hydrogen-bond acceptors (Lipinski definition) is 1. The molecule has 0 saturated heterocycles. The van der Waals surface area contributed by atoms with Crippen LogP contribution in [0.3, 0.4) is 0 Å². The molecule has 0 atom stereocenters. The van der Waals surface area contributed by atoms with Crippen LogP contribution in [0.1, 0.15) is 0 Å². The molecule has 9 rings (SSSR count). The maximum Gasteiger partial charge on any atom is 0.159 e. The Bertz CT molecular complexity index is 2390. The predicted octanol–water partition coefficient (Wildman–Crippen LogP) is 9.78. The lowest BCUT2D eigenvalue weighted by molar-refractivity contribution is 0.666. The first-order chi connectivity index (χ1) is 19.4. The van der Waals surface area contributed by atoms with E-state index in [9.17, 15) is 0 Å². The number of hydrogen-bond donors (Lipinski definition) is 0. The average molecular weight is 499 g/mol. The summed E-state index contributed by atoms with van der Waals surface area (Å²) in [6.45, 7) is 0. The van der Waals surface area contributed by atoms with Gasteiger partial charge in [-0.05, 0) is 42.5 Å². The van der Waals surface area contributed by atoms with Crippen LogP contribution in [0.2, 0.25) is 0 Å². The van der Waals surface area contributed by atoms with Crippen LogP contribution in [0.25, 0.3) is 76.9 Å². The molecule has 0 aliphatic carbocycles. The SMILES string of the molecule is c1ccc(-n2c3ccccc3c3c2ccc2c4ccccc4n(-c4cccc5c4oc4ccccc45)c23)cc1. The number of rotatable bonds is 2. The normalized spacial score (nSPS) is 12.1. The lowest BCUT2D eigenvalue weighted by atomic mass is 10.1. The minimum atomic E-state index is 0.908. The van der Waals surface area contributed by atoms with Gasteiger partial charge in [0.1, 0.15) is 5.58 Å². The van der Waals surface area contributed by atoms with E-state index in [0.717, 1.165) is 33.3 Å². The van der Waals surface area contributed by atoms with Crippen LogP contribution in [-0.4, -0.2) is 9.13 Å². The van der Waals surface area contributed by atoms with E-state index in [0.29, 0.717) is 0 Å². The molecular formula is C36H22N2O. The molecule has 0 unspecified atom stereocenters. The minimum absolute atomic E-state index is 0.908. The van der Waals surface area contributed by atoms with Crippen molar-refractivity contribution >= 4 is 65.6 Å². The molecule has 39 heavy (non-hydrogen) atoms. The van der Waals surface area contributed by atoms with Gasteiger partial charge in [-0.3, -0.25) is 0 Å². The molecule has 0 aliphatic heterocycles. The highest BCUT2D eigenvalue weighted by Gasteiger charge is 2.22. The monoisotopic (exact) mass is 498 g/mol. The van der Waals surface area contributed by atoms with Crippen LogP contribution in [0, 0.1) is 0 Å². The van der Waals surface area contributed by atoms with Crippen LogP contribution in [0.4, 0.5) is 0 Å². The van der Waals surface area contributed by atoms with Gasteiger partial charge < -0.3 is 13.6 Å². The molecule has 0 spiro atoms. The van der Waals surface area contributed by atoms with E-state index in [1.54, 1.807) is 0 Å². The molecule has 9 aromatic rings. The van der Waals surface area contributed by atoms with Gasteiger partial charge in [-0.25, -0.2) is 0 Å². The number of aromatic nitrogens is 2. The predicted molar refractivity (Wildman–Crippen MR) is 162 cm³/mol. The highest BCUT2D eigenvalue weighted by Crippen LogP contribution is 2.43. The Morgan fingerprint density at radius 3 is 1.92 bits per heavy atom. The Balaban J connectivity index is 1.54. The van der Waals surface area contributed by atoms with Gasteiger partial charge in [-0.1, -0.05) is 91.0 Å². The van der Waals surface area contributed by atoms with Crippen molar-refractivity contribution in [3.8, 4) is 11.4 Å². The van der Waals surface area contributed by atoms with E-state index in [4.69, 9.17) is 4.42 Å². The van der Waals surface area contributed by atoms with Crippen LogP contribution >= 0.6 is 0 Å². The summed E-state index contributed by atoms with van der Waals surface area (Å²) in [4.78, 5) is 0. The van der Waals surface area contributed by atoms with Crippen LogP contribution in [-0.2, 0) is 0 Å². The van der Waals surface area contributed by atoms with Crippen molar-refractivity contribution in [1.29, 1.82) is 0 Å². The summed E-state index contributed by atoms with van der Waals surface area (Å²) < 4.78 is 11.4. The van der Waals surface area contributed by atoms with Gasteiger partial charge in [-0.2, -0.15) is 0 Å². The first-order valence-electron chi connectivity index (χ1n) is 13.3. The summed E-state index contributed by atoms with van der Waals surface area (Å²) in [5, 5.41) is 7.23. The van der Waals surface area contributed by atoms with Crippen LogP contribution < -0.4 is 0 Å². The minimum Gasteiger partial charge on any atom is -0.454 e. The van der Waals surface area contributed by atoms with E-state index < -0.39 is 0 Å². The summed E-state index contributed by atoms with van der Waals surface area (Å²) in [6.07, 6.45) is 0. The van der Waals surface area contributed by atoms with Gasteiger partial charge in [0.15, 0.2) is 5.58 Å². The lowest BCUT2D eigenvalue weighted by Crippen LogP contribution is -1.95. The second-order valence-corrected chi connectivity index (χ2v) is 10.1. The van der Waals surface area contributed by atoms with Crippen molar-refractivity contribution in [1.82, 2.24) is 9.13 Å². The van der Waals surface area contributed by atoms with E-state index >= 15 is 0 Å². The Morgan fingerprint density at radius 1 is 0.410 bits per heavy atom. The van der Waals surface area contributed by atoms with Gasteiger partial charge in [0, 0.05) is 38.0 Å². The molecule has 0 fully saturated rings. The van der Waals surface area contributed by atoms with Crippen molar-refractivity contribution in [2.24, 2.45) is 0 Å². The second kappa shape index (κ2) is 7.62. The zero-order valence-electron chi connectivity index (χ0n) is 21.0. The van der Waals surface area contributed by atoms with Crippen molar-refractivity contribution in [2.45, 2.75) is 0 Å². The van der Waals surface area contributed by atoms with Crippen molar-refractivity contribution in [3.05, 3.63) is 133 Å². The van der Waals surface area contributed by atoms with E-state index in [-0.39, 0.29) is 0 Å². The van der Waals surface area contributed by atoms with Gasteiger partial charge in [0.2, 0.25) is 0 Å². The first-order valence-corrected chi connectivity index (χ1v) is 13.3. The molecule has 3 heteroatoms. The van der Waals surface area contributed by atoms with Gasteiger partial charge >= 0.3 is 0 Å². The third kappa shape index (κ3) is 2.71. The third-order valence-corrected chi connectivity index (χ3v) is 8.11. The Labute approximate surface area is 223 Å². The van der Waals surface area contributed by atoms with E-state index in [1.807, 2.05) is 6.07 Å². The topological polar surface area (TPSA) is 23.0 Å². The van der Waals surface area contributed by atoms with Gasteiger partial charge in [-0.15, -0.1) is 0 Å². The maximum absolute atomic E-state index is 6.55. The molecule has 0 bridgehead atoms. The third-order valence-electron chi connectivity index (χ3n) is 8.11. The Hall–Kier alpha value is -5.28. The molecule has 3 nitrogen and oxygen atoms in total. The molecule has 3 aromatic heterocycles. The number of furan rings is 1. The summed E-state index contributed by atoms with van der Waals surface area (Å²) in [7, 11) is 0. The van der Waals surface area contributed by atoms with Crippen molar-refractivity contribution in [2.75, 3.05) is 0 Å². The second-order valence-electron chi connectivity index (χ2n) is 10.1. The quantitative estimate of drug-likeness (QED) is 0.233. The lowest BCUT2D eigenvalue weighted by Gasteiger charge is -2.10. The van der Waals surface area contributed by atoms with Gasteiger partial charge in [0.05, 0.1) is 27.8 Å². The number of para-hydroxylation sites is 5. The summed E-state index contributed by atoms with van der Waals surface area (Å²) >= 11 is 0. The first kappa shape index (κ1) is 20.7. The molecule has 0 aliphatic rings. The fourth-order valence-corrected chi connectivity index (χ4v) is 6.52. The molecular weight excluding hydrogens is 476 g/mol. The zero-order chi connectivity index (χ0) is 25.5. The molecule has 0 radical (unpaired) electrons. The Kier molecular flexibility index (Phi) is 4.05. The fraction of sp³-hybridized carbons (Fsp3) is 0. The molecule has 6 aromatic carbocycles. The van der Waals surface area contributed by atoms with Crippen LogP contribution in [0.15, 0.2) is 138 Å². The van der Waals surface area contributed by atoms with Crippen molar-refractivity contribution in [3.63, 3.8) is 0 Å². The fourth-order valence-electron chi connectivity index (χ4n) is 6.52. The molecule has 0 N–H and O–H groups in total. The zero-order valence-corrected chi connectivity index (χ0v) is 21.0. The maximum atomic E-state index is 6.55. The standard InChI is InChI=1S/C36H22N2O/c1-2-11-23(12-3-1)37-30-18-8-5-15-28(30)34-31(37)22-21-26-24-13-4-7-17-29(24)38(35(26)34)32-19-10-16-27-25-14-6-9-20-33(25)39-36(27)32/h1-22H. The van der Waals surface area contributed by atoms with E-state index in [2.05, 4.69) is 137 Å². The van der Waals surface area contributed by atoms with Crippen molar-refractivity contribution < 1.29 is 4.42 Å². The average Bonchev–Trinajstić information content (AvgIpc) is 3.65. The smallest absolute Gasteiger partial charge is 0.159 e. The van der Waals surface area contributed by atoms with Crippen LogP contribution in [0.5, 0.6) is 0 Å². The highest BCUT2D eigenvalue weighted by molar-refractivity contribution is 6.26. The molecule has 0 saturated carbocycles. The summed E-state index contributed by atoms with van der Waals surface area (Å²) in [6, 6.07) is 47.5. The molecule has 0 amide bonds. The van der Waals surface area contributed by atoms with E-state index in [1.165, 1.54) is 43.6 Å². The molecule has 3 heterocycles. The summed E-state index contributed by atoms with van der Waals surface area (Å²) in [5.41, 5.74) is 8.79. The number of benzene rings is 6.